The summed E-state index contributed by atoms with van der Waals surface area (Å²) in [6.45, 7) is 2.36. The first-order chi connectivity index (χ1) is 11.5. The Kier molecular flexibility index (Phi) is 6.21. The van der Waals surface area contributed by atoms with E-state index >= 15 is 0 Å². The molecule has 0 saturated carbocycles. The number of nitrogens with one attached hydrogen (secondary N) is 2. The van der Waals surface area contributed by atoms with E-state index in [9.17, 15) is 15.0 Å². The normalized spacial score (nSPS) is 13.1. The van der Waals surface area contributed by atoms with Crippen LogP contribution in [0.2, 0.25) is 0 Å². The van der Waals surface area contributed by atoms with E-state index in [1.165, 1.54) is 0 Å². The lowest BCUT2D eigenvalue weighted by atomic mass is 9.96. The third-order valence-electron chi connectivity index (χ3n) is 3.85. The fraction of sp³-hybridized carbons (Fsp3) is 0.316. The highest BCUT2D eigenvalue weighted by molar-refractivity contribution is 5.73. The van der Waals surface area contributed by atoms with Gasteiger partial charge in [-0.25, -0.2) is 4.79 Å². The largest absolute Gasteiger partial charge is 0.508 e. The molecule has 2 aromatic rings. The number of aliphatic hydroxyl groups is 1. The Labute approximate surface area is 142 Å². The Morgan fingerprint density at radius 2 is 1.71 bits per heavy atom. The number of aromatic hydroxyl groups is 1. The van der Waals surface area contributed by atoms with Gasteiger partial charge in [-0.1, -0.05) is 42.5 Å². The van der Waals surface area contributed by atoms with Crippen LogP contribution in [0.1, 0.15) is 24.5 Å². The number of phenols is 1. The Morgan fingerprint density at radius 1 is 1.04 bits per heavy atom. The van der Waals surface area contributed by atoms with Crippen LogP contribution in [0, 0.1) is 0 Å². The topological polar surface area (TPSA) is 81.6 Å². The Balaban J connectivity index is 1.67. The minimum atomic E-state index is -1.11. The SMILES string of the molecule is CC(O)(CNC(=O)NCCCc1ccc(O)cc1)c1ccccc1. The van der Waals surface area contributed by atoms with Crippen molar-refractivity contribution in [2.75, 3.05) is 13.1 Å². The first-order valence-electron chi connectivity index (χ1n) is 8.05. The molecule has 5 heteroatoms. The van der Waals surface area contributed by atoms with E-state index < -0.39 is 5.60 Å². The van der Waals surface area contributed by atoms with Gasteiger partial charge in [-0.05, 0) is 43.0 Å². The molecule has 2 aromatic carbocycles. The summed E-state index contributed by atoms with van der Waals surface area (Å²) in [7, 11) is 0. The van der Waals surface area contributed by atoms with Crippen molar-refractivity contribution in [1.29, 1.82) is 0 Å². The summed E-state index contributed by atoms with van der Waals surface area (Å²) in [5, 5.41) is 25.1. The summed E-state index contributed by atoms with van der Waals surface area (Å²) in [6.07, 6.45) is 1.62. The zero-order valence-corrected chi connectivity index (χ0v) is 13.8. The van der Waals surface area contributed by atoms with Gasteiger partial charge in [-0.3, -0.25) is 0 Å². The lowest BCUT2D eigenvalue weighted by Gasteiger charge is -2.24. The van der Waals surface area contributed by atoms with Crippen molar-refractivity contribution in [2.24, 2.45) is 0 Å². The van der Waals surface area contributed by atoms with Crippen molar-refractivity contribution in [1.82, 2.24) is 10.6 Å². The van der Waals surface area contributed by atoms with Crippen LogP contribution >= 0.6 is 0 Å². The smallest absolute Gasteiger partial charge is 0.314 e. The molecule has 0 aromatic heterocycles. The number of aryl methyl sites for hydroxylation is 1. The lowest BCUT2D eigenvalue weighted by Crippen LogP contribution is -2.43. The van der Waals surface area contributed by atoms with E-state index in [4.69, 9.17) is 0 Å². The van der Waals surface area contributed by atoms with Gasteiger partial charge < -0.3 is 20.8 Å². The summed E-state index contributed by atoms with van der Waals surface area (Å²) < 4.78 is 0. The van der Waals surface area contributed by atoms with Gasteiger partial charge in [-0.2, -0.15) is 0 Å². The quantitative estimate of drug-likeness (QED) is 0.590. The minimum absolute atomic E-state index is 0.140. The van der Waals surface area contributed by atoms with Gasteiger partial charge in [0.2, 0.25) is 0 Å². The van der Waals surface area contributed by atoms with Crippen LogP contribution in [0.4, 0.5) is 4.79 Å². The average molecular weight is 328 g/mol. The predicted octanol–water partition coefficient (Wildman–Crippen LogP) is 2.53. The van der Waals surface area contributed by atoms with E-state index in [-0.39, 0.29) is 18.3 Å². The highest BCUT2D eigenvalue weighted by Crippen LogP contribution is 2.18. The van der Waals surface area contributed by atoms with E-state index in [1.807, 2.05) is 42.5 Å². The molecule has 2 rings (SSSR count). The van der Waals surface area contributed by atoms with Crippen LogP contribution in [-0.4, -0.2) is 29.3 Å². The van der Waals surface area contributed by atoms with E-state index in [2.05, 4.69) is 10.6 Å². The van der Waals surface area contributed by atoms with Crippen molar-refractivity contribution in [3.63, 3.8) is 0 Å². The number of amides is 2. The van der Waals surface area contributed by atoms with E-state index in [1.54, 1.807) is 19.1 Å². The fourth-order valence-electron chi connectivity index (χ4n) is 2.37. The van der Waals surface area contributed by atoms with Crippen molar-refractivity contribution < 1.29 is 15.0 Å². The second-order valence-electron chi connectivity index (χ2n) is 6.02. The number of phenolic OH excluding ortho intramolecular Hbond substituents is 1. The molecular formula is C19H24N2O3. The summed E-state index contributed by atoms with van der Waals surface area (Å²) in [6, 6.07) is 16.0. The molecule has 0 aliphatic rings. The molecule has 5 nitrogen and oxygen atoms in total. The molecule has 0 fully saturated rings. The van der Waals surface area contributed by atoms with Crippen molar-refractivity contribution in [3.05, 3.63) is 65.7 Å². The first kappa shape index (κ1) is 17.8. The van der Waals surface area contributed by atoms with Gasteiger partial charge in [0, 0.05) is 6.54 Å². The van der Waals surface area contributed by atoms with Crippen LogP contribution in [0.5, 0.6) is 5.75 Å². The molecule has 0 heterocycles. The number of urea groups is 1. The fourth-order valence-corrected chi connectivity index (χ4v) is 2.37. The van der Waals surface area contributed by atoms with Crippen LogP contribution in [0.25, 0.3) is 0 Å². The Morgan fingerprint density at radius 3 is 2.38 bits per heavy atom. The maximum absolute atomic E-state index is 11.8. The molecule has 128 valence electrons. The molecule has 24 heavy (non-hydrogen) atoms. The summed E-state index contributed by atoms with van der Waals surface area (Å²) in [5.41, 5.74) is 0.768. The molecule has 4 N–H and O–H groups in total. The van der Waals surface area contributed by atoms with E-state index in [0.29, 0.717) is 6.54 Å². The molecule has 0 radical (unpaired) electrons. The van der Waals surface area contributed by atoms with Gasteiger partial charge >= 0.3 is 6.03 Å². The lowest BCUT2D eigenvalue weighted by molar-refractivity contribution is 0.0594. The van der Waals surface area contributed by atoms with Crippen LogP contribution in [0.15, 0.2) is 54.6 Å². The monoisotopic (exact) mass is 328 g/mol. The van der Waals surface area contributed by atoms with E-state index in [0.717, 1.165) is 24.0 Å². The van der Waals surface area contributed by atoms with Crippen molar-refractivity contribution in [2.45, 2.75) is 25.4 Å². The van der Waals surface area contributed by atoms with Gasteiger partial charge in [0.25, 0.3) is 0 Å². The van der Waals surface area contributed by atoms with Gasteiger partial charge in [0.15, 0.2) is 0 Å². The molecule has 0 saturated heterocycles. The zero-order chi connectivity index (χ0) is 17.4. The molecule has 1 atom stereocenters. The summed E-state index contributed by atoms with van der Waals surface area (Å²) in [5.74, 6) is 0.252. The molecular weight excluding hydrogens is 304 g/mol. The highest BCUT2D eigenvalue weighted by Gasteiger charge is 2.23. The van der Waals surface area contributed by atoms with Gasteiger partial charge in [-0.15, -0.1) is 0 Å². The molecule has 0 spiro atoms. The predicted molar refractivity (Wildman–Crippen MR) is 93.8 cm³/mol. The summed E-state index contributed by atoms with van der Waals surface area (Å²) in [4.78, 5) is 11.8. The Bertz CT molecular complexity index is 639. The third-order valence-corrected chi connectivity index (χ3v) is 3.85. The highest BCUT2D eigenvalue weighted by atomic mass is 16.3. The first-order valence-corrected chi connectivity index (χ1v) is 8.05. The zero-order valence-electron chi connectivity index (χ0n) is 13.8. The molecule has 0 aliphatic carbocycles. The maximum Gasteiger partial charge on any atom is 0.314 e. The molecule has 2 amide bonds. The molecule has 1 unspecified atom stereocenters. The number of carbonyl (C=O) groups excluding carboxylic acids is 1. The standard InChI is InChI=1S/C19H24N2O3/c1-19(24,16-7-3-2-4-8-16)14-21-18(23)20-13-5-6-15-9-11-17(22)12-10-15/h2-4,7-12,22,24H,5-6,13-14H2,1H3,(H2,20,21,23). The number of hydrogen-bond acceptors (Lipinski definition) is 3. The average Bonchev–Trinajstić information content (AvgIpc) is 2.59. The Hall–Kier alpha value is -2.53. The number of carbonyl (C=O) groups is 1. The molecule has 0 bridgehead atoms. The third kappa shape index (κ3) is 5.59. The second-order valence-corrected chi connectivity index (χ2v) is 6.02. The molecule has 0 aliphatic heterocycles. The number of rotatable bonds is 7. The summed E-state index contributed by atoms with van der Waals surface area (Å²) >= 11 is 0. The van der Waals surface area contributed by atoms with Crippen LogP contribution < -0.4 is 10.6 Å². The number of benzene rings is 2. The van der Waals surface area contributed by atoms with Gasteiger partial charge in [0.1, 0.15) is 11.4 Å². The van der Waals surface area contributed by atoms with Crippen LogP contribution in [-0.2, 0) is 12.0 Å². The maximum atomic E-state index is 11.8. The second kappa shape index (κ2) is 8.36. The minimum Gasteiger partial charge on any atom is -0.508 e. The number of hydrogen-bond donors (Lipinski definition) is 4. The van der Waals surface area contributed by atoms with Crippen LogP contribution in [0.3, 0.4) is 0 Å². The van der Waals surface area contributed by atoms with Crippen molar-refractivity contribution in [3.8, 4) is 5.75 Å². The van der Waals surface area contributed by atoms with Gasteiger partial charge in [0.05, 0.1) is 6.54 Å². The van der Waals surface area contributed by atoms with Crippen molar-refractivity contribution >= 4 is 6.03 Å².